The molecule has 2 aliphatic heterocycles. The van der Waals surface area contributed by atoms with Gasteiger partial charge in [0.1, 0.15) is 6.54 Å². The quantitative estimate of drug-likeness (QED) is 0.801. The second-order valence-electron chi connectivity index (χ2n) is 8.64. The second-order valence-corrected chi connectivity index (χ2v) is 8.64. The maximum atomic E-state index is 13.3. The number of quaternary nitrogens is 1. The molecule has 154 valence electrons. The molecule has 0 aliphatic carbocycles. The number of amides is 1. The largest absolute Gasteiger partial charge is 0.449 e. The van der Waals surface area contributed by atoms with Crippen LogP contribution in [0.2, 0.25) is 0 Å². The number of carbonyl (C=O) groups excluding carboxylic acids is 2. The van der Waals surface area contributed by atoms with E-state index in [0.717, 1.165) is 67.6 Å². The SMILES string of the molecule is C[C@H]1CCCN(C(=O)[C@@H](C)OC(=O)c2c3c(nc4ccccc24)CC[NH+](C)C3)C1. The van der Waals surface area contributed by atoms with Gasteiger partial charge in [0.05, 0.1) is 30.4 Å². The number of para-hydroxylation sites is 1. The average Bonchev–Trinajstić information content (AvgIpc) is 2.71. The number of fused-ring (bicyclic) bond motifs is 2. The maximum absolute atomic E-state index is 13.3. The van der Waals surface area contributed by atoms with Gasteiger partial charge in [0, 0.05) is 30.5 Å². The summed E-state index contributed by atoms with van der Waals surface area (Å²) in [6.07, 6.45) is 2.20. The summed E-state index contributed by atoms with van der Waals surface area (Å²) in [5.74, 6) is -0.0226. The van der Waals surface area contributed by atoms with Crippen LogP contribution in [0.5, 0.6) is 0 Å². The number of likely N-dealkylation sites (N-methyl/N-ethyl adjacent to an activating group) is 1. The van der Waals surface area contributed by atoms with Crippen molar-refractivity contribution in [1.29, 1.82) is 0 Å². The lowest BCUT2D eigenvalue weighted by atomic mass is 9.96. The minimum absolute atomic E-state index is 0.0973. The number of hydrogen-bond donors (Lipinski definition) is 1. The number of piperidine rings is 1. The van der Waals surface area contributed by atoms with Crippen molar-refractivity contribution in [1.82, 2.24) is 9.88 Å². The molecule has 2 aromatic rings. The van der Waals surface area contributed by atoms with E-state index in [0.29, 0.717) is 11.5 Å². The summed E-state index contributed by atoms with van der Waals surface area (Å²) in [6.45, 7) is 7.06. The van der Waals surface area contributed by atoms with Gasteiger partial charge in [-0.2, -0.15) is 0 Å². The number of nitrogens with one attached hydrogen (secondary N) is 1. The Morgan fingerprint density at radius 2 is 2.10 bits per heavy atom. The zero-order chi connectivity index (χ0) is 20.5. The topological polar surface area (TPSA) is 63.9 Å². The summed E-state index contributed by atoms with van der Waals surface area (Å²) in [6, 6.07) is 7.69. The lowest BCUT2D eigenvalue weighted by Gasteiger charge is -2.32. The van der Waals surface area contributed by atoms with Gasteiger partial charge in [0.25, 0.3) is 5.91 Å². The number of rotatable bonds is 3. The molecule has 29 heavy (non-hydrogen) atoms. The summed E-state index contributed by atoms with van der Waals surface area (Å²) >= 11 is 0. The van der Waals surface area contributed by atoms with Crippen molar-refractivity contribution in [3.05, 3.63) is 41.1 Å². The van der Waals surface area contributed by atoms with Gasteiger partial charge in [-0.3, -0.25) is 9.78 Å². The van der Waals surface area contributed by atoms with E-state index in [1.165, 1.54) is 4.90 Å². The van der Waals surface area contributed by atoms with E-state index in [2.05, 4.69) is 14.0 Å². The van der Waals surface area contributed by atoms with E-state index in [4.69, 9.17) is 9.72 Å². The monoisotopic (exact) mass is 396 g/mol. The van der Waals surface area contributed by atoms with E-state index in [1.807, 2.05) is 29.2 Å². The molecule has 0 radical (unpaired) electrons. The molecule has 1 N–H and O–H groups in total. The summed E-state index contributed by atoms with van der Waals surface area (Å²) < 4.78 is 5.73. The highest BCUT2D eigenvalue weighted by atomic mass is 16.5. The molecule has 0 saturated carbocycles. The second kappa shape index (κ2) is 8.11. The predicted octanol–water partition coefficient (Wildman–Crippen LogP) is 1.61. The fourth-order valence-electron chi connectivity index (χ4n) is 4.57. The van der Waals surface area contributed by atoms with Crippen molar-refractivity contribution in [2.75, 3.05) is 26.7 Å². The van der Waals surface area contributed by atoms with Gasteiger partial charge >= 0.3 is 5.97 Å². The molecule has 0 spiro atoms. The van der Waals surface area contributed by atoms with Crippen LogP contribution in [0.1, 0.15) is 48.3 Å². The third kappa shape index (κ3) is 3.99. The number of carbonyl (C=O) groups is 2. The first kappa shape index (κ1) is 19.8. The number of nitrogens with zero attached hydrogens (tertiary/aromatic N) is 2. The third-order valence-electron chi connectivity index (χ3n) is 6.15. The highest BCUT2D eigenvalue weighted by molar-refractivity contribution is 6.05. The molecule has 4 rings (SSSR count). The number of esters is 1. The average molecular weight is 397 g/mol. The molecule has 1 amide bonds. The fourth-order valence-corrected chi connectivity index (χ4v) is 4.57. The normalized spacial score (nSPS) is 22.8. The highest BCUT2D eigenvalue weighted by Crippen LogP contribution is 2.26. The Morgan fingerprint density at radius 1 is 1.31 bits per heavy atom. The molecule has 1 aromatic heterocycles. The van der Waals surface area contributed by atoms with Crippen molar-refractivity contribution >= 4 is 22.8 Å². The van der Waals surface area contributed by atoms with Crippen LogP contribution in [-0.4, -0.2) is 54.5 Å². The molecule has 0 bridgehead atoms. The molecule has 2 aliphatic rings. The Bertz CT molecular complexity index is 942. The molecular weight excluding hydrogens is 366 g/mol. The van der Waals surface area contributed by atoms with E-state index in [-0.39, 0.29) is 5.91 Å². The van der Waals surface area contributed by atoms with Gasteiger partial charge in [-0.25, -0.2) is 4.79 Å². The van der Waals surface area contributed by atoms with Crippen LogP contribution in [-0.2, 0) is 22.5 Å². The predicted molar refractivity (Wildman–Crippen MR) is 111 cm³/mol. The lowest BCUT2D eigenvalue weighted by Crippen LogP contribution is -3.08. The zero-order valence-electron chi connectivity index (χ0n) is 17.5. The fraction of sp³-hybridized carbons (Fsp3) is 0.522. The van der Waals surface area contributed by atoms with Crippen LogP contribution in [0.3, 0.4) is 0 Å². The van der Waals surface area contributed by atoms with Crippen molar-refractivity contribution in [3.8, 4) is 0 Å². The zero-order valence-corrected chi connectivity index (χ0v) is 17.5. The number of ether oxygens (including phenoxy) is 1. The Morgan fingerprint density at radius 3 is 2.90 bits per heavy atom. The number of aromatic nitrogens is 1. The van der Waals surface area contributed by atoms with Gasteiger partial charge in [0.15, 0.2) is 6.10 Å². The summed E-state index contributed by atoms with van der Waals surface area (Å²) in [5, 5.41) is 0.803. The van der Waals surface area contributed by atoms with Crippen LogP contribution in [0, 0.1) is 5.92 Å². The van der Waals surface area contributed by atoms with E-state index < -0.39 is 12.1 Å². The third-order valence-corrected chi connectivity index (χ3v) is 6.15. The van der Waals surface area contributed by atoms with Crippen molar-refractivity contribution in [2.24, 2.45) is 5.92 Å². The minimum atomic E-state index is -0.788. The van der Waals surface area contributed by atoms with Crippen LogP contribution < -0.4 is 4.90 Å². The number of benzene rings is 1. The number of hydrogen-bond acceptors (Lipinski definition) is 4. The standard InChI is InChI=1S/C23H29N3O3/c1-15-7-6-11-26(13-15)22(27)16(2)29-23(28)21-17-8-4-5-9-19(17)24-20-10-12-25(3)14-18(20)21/h4-5,8-9,15-16H,6-7,10-14H2,1-3H3/p+1/t15-,16+/m0/s1. The van der Waals surface area contributed by atoms with Gasteiger partial charge in [-0.15, -0.1) is 0 Å². The van der Waals surface area contributed by atoms with E-state index in [9.17, 15) is 9.59 Å². The van der Waals surface area contributed by atoms with Crippen molar-refractivity contribution in [2.45, 2.75) is 45.8 Å². The molecule has 6 heteroatoms. The van der Waals surface area contributed by atoms with Crippen LogP contribution in [0.25, 0.3) is 10.9 Å². The minimum Gasteiger partial charge on any atom is -0.449 e. The van der Waals surface area contributed by atoms with Crippen LogP contribution >= 0.6 is 0 Å². The van der Waals surface area contributed by atoms with E-state index in [1.54, 1.807) is 6.92 Å². The lowest BCUT2D eigenvalue weighted by molar-refractivity contribution is -0.895. The van der Waals surface area contributed by atoms with Crippen molar-refractivity contribution in [3.63, 3.8) is 0 Å². The molecule has 1 unspecified atom stereocenters. The van der Waals surface area contributed by atoms with Gasteiger partial charge in [-0.1, -0.05) is 25.1 Å². The Hall–Kier alpha value is -2.47. The smallest absolute Gasteiger partial charge is 0.340 e. The molecule has 3 heterocycles. The molecular formula is C23H30N3O3+. The van der Waals surface area contributed by atoms with Gasteiger partial charge in [-0.05, 0) is 31.7 Å². The Balaban J connectivity index is 1.63. The molecule has 1 saturated heterocycles. The molecule has 3 atom stereocenters. The first-order valence-electron chi connectivity index (χ1n) is 10.7. The summed E-state index contributed by atoms with van der Waals surface area (Å²) in [7, 11) is 2.12. The molecule has 1 fully saturated rings. The summed E-state index contributed by atoms with van der Waals surface area (Å²) in [4.78, 5) is 34.1. The first-order chi connectivity index (χ1) is 13.9. The molecule has 6 nitrogen and oxygen atoms in total. The summed E-state index contributed by atoms with van der Waals surface area (Å²) in [5.41, 5.74) is 3.33. The van der Waals surface area contributed by atoms with Crippen LogP contribution in [0.4, 0.5) is 0 Å². The van der Waals surface area contributed by atoms with Gasteiger partial charge < -0.3 is 14.5 Å². The molecule has 1 aromatic carbocycles. The highest BCUT2D eigenvalue weighted by Gasteiger charge is 2.31. The maximum Gasteiger partial charge on any atom is 0.340 e. The van der Waals surface area contributed by atoms with Gasteiger partial charge in [0.2, 0.25) is 0 Å². The van der Waals surface area contributed by atoms with Crippen molar-refractivity contribution < 1.29 is 19.2 Å². The number of pyridine rings is 1. The van der Waals surface area contributed by atoms with E-state index >= 15 is 0 Å². The first-order valence-corrected chi connectivity index (χ1v) is 10.7. The Labute approximate surface area is 171 Å². The number of likely N-dealkylation sites (tertiary alicyclic amines) is 1. The Kier molecular flexibility index (Phi) is 5.54. The van der Waals surface area contributed by atoms with Crippen LogP contribution in [0.15, 0.2) is 24.3 Å².